The number of piperazine rings is 1. The van der Waals surface area contributed by atoms with Crippen LogP contribution in [0.25, 0.3) is 0 Å². The highest BCUT2D eigenvalue weighted by atomic mass is 32.2. The van der Waals surface area contributed by atoms with E-state index < -0.39 is 22.9 Å². The first-order valence-electron chi connectivity index (χ1n) is 13.0. The summed E-state index contributed by atoms with van der Waals surface area (Å²) in [7, 11) is 0. The van der Waals surface area contributed by atoms with Crippen molar-refractivity contribution in [2.45, 2.75) is 81.5 Å². The fourth-order valence-corrected chi connectivity index (χ4v) is 6.61. The monoisotopic (exact) mass is 521 g/mol. The number of benzene rings is 1. The van der Waals surface area contributed by atoms with E-state index >= 15 is 0 Å². The van der Waals surface area contributed by atoms with Gasteiger partial charge in [0.1, 0.15) is 17.7 Å². The Hall–Kier alpha value is -2.83. The number of hydrogen-bond acceptors (Lipinski definition) is 7. The summed E-state index contributed by atoms with van der Waals surface area (Å²) in [5.41, 5.74) is 4.43. The Morgan fingerprint density at radius 3 is 2.73 bits per heavy atom. The van der Waals surface area contributed by atoms with Crippen molar-refractivity contribution in [2.75, 3.05) is 30.8 Å². The highest BCUT2D eigenvalue weighted by Crippen LogP contribution is 2.48. The van der Waals surface area contributed by atoms with Crippen LogP contribution < -0.4 is 4.90 Å². The van der Waals surface area contributed by atoms with Gasteiger partial charge >= 0.3 is 11.2 Å². The average Bonchev–Trinajstić information content (AvgIpc) is 3.20. The zero-order valence-electron chi connectivity index (χ0n) is 22.1. The normalized spacial score (nSPS) is 23.8. The third-order valence-corrected chi connectivity index (χ3v) is 8.56. The molecule has 9 heteroatoms. The molecule has 1 spiro atoms. The van der Waals surface area contributed by atoms with E-state index in [2.05, 4.69) is 35.2 Å². The van der Waals surface area contributed by atoms with Crippen molar-refractivity contribution in [3.05, 3.63) is 46.6 Å². The molecular weight excluding hydrogens is 486 g/mol. The summed E-state index contributed by atoms with van der Waals surface area (Å²) in [6.45, 7) is 7.00. The first kappa shape index (κ1) is 25.8. The van der Waals surface area contributed by atoms with Gasteiger partial charge in [-0.15, -0.1) is 0 Å². The molecule has 2 aliphatic carbocycles. The Labute approximate surface area is 222 Å². The van der Waals surface area contributed by atoms with Crippen LogP contribution in [0.1, 0.15) is 62.4 Å². The quantitative estimate of drug-likeness (QED) is 0.445. The van der Waals surface area contributed by atoms with Gasteiger partial charge in [-0.25, -0.2) is 4.79 Å². The van der Waals surface area contributed by atoms with Crippen LogP contribution in [0.5, 0.6) is 0 Å². The molecule has 2 aromatic rings. The van der Waals surface area contributed by atoms with Crippen LogP contribution in [-0.4, -0.2) is 63.0 Å². The lowest BCUT2D eigenvalue weighted by molar-refractivity contribution is 0.0144. The number of aromatic nitrogens is 2. The van der Waals surface area contributed by atoms with Gasteiger partial charge < -0.3 is 19.1 Å². The smallest absolute Gasteiger partial charge is 0.410 e. The largest absolute Gasteiger partial charge is 0.609 e. The summed E-state index contributed by atoms with van der Waals surface area (Å²) in [4.78, 5) is 26.3. The first-order chi connectivity index (χ1) is 17.6. The number of ether oxygens (including phenoxy) is 1. The average molecular weight is 522 g/mol. The predicted molar refractivity (Wildman–Crippen MR) is 142 cm³/mol. The molecule has 196 valence electrons. The lowest BCUT2D eigenvalue weighted by Gasteiger charge is -2.43. The molecule has 0 bridgehead atoms. The highest BCUT2D eigenvalue weighted by molar-refractivity contribution is 7.90. The number of rotatable bonds is 3. The van der Waals surface area contributed by atoms with Crippen LogP contribution in [0, 0.1) is 11.3 Å². The molecule has 1 aliphatic heterocycles. The number of amides is 1. The molecule has 2 unspecified atom stereocenters. The summed E-state index contributed by atoms with van der Waals surface area (Å²) in [6, 6.07) is 10.7. The second kappa shape index (κ2) is 9.80. The minimum absolute atomic E-state index is 0.0699. The standard InChI is InChI=1S/C28H35N5O3S/c1-27(2,3)36-26(34)33-16-15-32(18-20(33)11-14-29)24-21-10-13-28(12-9-19-7-5-6-8-22(19)28)17-23(21)30-25(31-24)37(4)35/h5-8,20H,9-13,15-18H2,1-4H3/t20-,28?,37?/m0/s1. The second-order valence-corrected chi connectivity index (χ2v) is 12.7. The summed E-state index contributed by atoms with van der Waals surface area (Å²) in [5, 5.41) is 9.85. The van der Waals surface area contributed by atoms with E-state index in [0.717, 1.165) is 49.2 Å². The Bertz CT molecular complexity index is 1240. The van der Waals surface area contributed by atoms with Gasteiger partial charge in [-0.1, -0.05) is 24.3 Å². The lowest BCUT2D eigenvalue weighted by Crippen LogP contribution is -2.56. The molecular formula is C28H35N5O3S. The number of nitriles is 1. The van der Waals surface area contributed by atoms with Crippen LogP contribution in [0.15, 0.2) is 29.4 Å². The van der Waals surface area contributed by atoms with Gasteiger partial charge in [0, 0.05) is 48.2 Å². The van der Waals surface area contributed by atoms with E-state index in [0.29, 0.717) is 24.8 Å². The highest BCUT2D eigenvalue weighted by Gasteiger charge is 2.44. The number of carbonyl (C=O) groups excluding carboxylic acids is 1. The third kappa shape index (κ3) is 5.01. The molecule has 0 N–H and O–H groups in total. The number of fused-ring (bicyclic) bond motifs is 3. The van der Waals surface area contributed by atoms with E-state index in [4.69, 9.17) is 14.7 Å². The molecule has 2 heterocycles. The van der Waals surface area contributed by atoms with Crippen molar-refractivity contribution in [1.82, 2.24) is 14.9 Å². The molecule has 5 rings (SSSR count). The van der Waals surface area contributed by atoms with Crippen LogP contribution in [0.2, 0.25) is 0 Å². The molecule has 3 atom stereocenters. The number of carbonyl (C=O) groups is 1. The first-order valence-corrected chi connectivity index (χ1v) is 14.6. The molecule has 1 saturated heterocycles. The maximum Gasteiger partial charge on any atom is 0.410 e. The van der Waals surface area contributed by atoms with Gasteiger partial charge in [0.2, 0.25) is 0 Å². The van der Waals surface area contributed by atoms with Crippen molar-refractivity contribution in [2.24, 2.45) is 0 Å². The molecule has 1 fully saturated rings. The zero-order chi connectivity index (χ0) is 26.4. The van der Waals surface area contributed by atoms with Gasteiger partial charge in [0.25, 0.3) is 0 Å². The van der Waals surface area contributed by atoms with E-state index in [9.17, 15) is 14.6 Å². The van der Waals surface area contributed by atoms with Crippen LogP contribution in [0.4, 0.5) is 10.6 Å². The van der Waals surface area contributed by atoms with Crippen LogP contribution >= 0.6 is 0 Å². The van der Waals surface area contributed by atoms with E-state index in [1.165, 1.54) is 11.1 Å². The number of anilines is 1. The molecule has 1 aromatic heterocycles. The van der Waals surface area contributed by atoms with Crippen LogP contribution in [0.3, 0.4) is 0 Å². The van der Waals surface area contributed by atoms with Crippen molar-refractivity contribution in [3.63, 3.8) is 0 Å². The minimum Gasteiger partial charge on any atom is -0.609 e. The maximum atomic E-state index is 12.9. The van der Waals surface area contributed by atoms with Crippen molar-refractivity contribution in [3.8, 4) is 6.07 Å². The van der Waals surface area contributed by atoms with Crippen LogP contribution in [-0.2, 0) is 40.6 Å². The Kier molecular flexibility index (Phi) is 6.84. The van der Waals surface area contributed by atoms with Gasteiger partial charge in [0.15, 0.2) is 0 Å². The van der Waals surface area contributed by atoms with Crippen molar-refractivity contribution >= 4 is 23.1 Å². The van der Waals surface area contributed by atoms with Gasteiger partial charge in [0.05, 0.1) is 24.2 Å². The molecule has 3 aliphatic rings. The van der Waals surface area contributed by atoms with E-state index in [-0.39, 0.29) is 17.9 Å². The predicted octanol–water partition coefficient (Wildman–Crippen LogP) is 3.93. The lowest BCUT2D eigenvalue weighted by atomic mass is 9.69. The number of nitrogens with zero attached hydrogens (tertiary/aromatic N) is 5. The third-order valence-electron chi connectivity index (χ3n) is 7.87. The van der Waals surface area contributed by atoms with Gasteiger partial charge in [-0.3, -0.25) is 0 Å². The Morgan fingerprint density at radius 1 is 1.24 bits per heavy atom. The summed E-state index contributed by atoms with van der Waals surface area (Å²) in [5.74, 6) is 0.808. The van der Waals surface area contributed by atoms with E-state index in [1.807, 2.05) is 20.8 Å². The van der Waals surface area contributed by atoms with E-state index in [1.54, 1.807) is 11.2 Å². The Balaban J connectivity index is 1.46. The molecule has 8 nitrogen and oxygen atoms in total. The fourth-order valence-electron chi connectivity index (χ4n) is 6.16. The fraction of sp³-hybridized carbons (Fsp3) is 0.571. The number of aryl methyl sites for hydroxylation is 1. The SMILES string of the molecule is C[S+]([O-])c1nc2c(c(N3CCN(C(=O)OC(C)(C)C)[C@@H](CC#N)C3)n1)CCC1(CCc3ccccc31)C2. The molecule has 1 amide bonds. The summed E-state index contributed by atoms with van der Waals surface area (Å²) in [6.07, 6.45) is 6.32. The Morgan fingerprint density at radius 2 is 2.00 bits per heavy atom. The van der Waals surface area contributed by atoms with Crippen molar-refractivity contribution in [1.29, 1.82) is 5.26 Å². The summed E-state index contributed by atoms with van der Waals surface area (Å²) < 4.78 is 18.2. The van der Waals surface area contributed by atoms with Crippen molar-refractivity contribution < 1.29 is 14.1 Å². The molecule has 37 heavy (non-hydrogen) atoms. The zero-order valence-corrected chi connectivity index (χ0v) is 22.9. The molecule has 1 aromatic carbocycles. The molecule has 0 radical (unpaired) electrons. The maximum absolute atomic E-state index is 12.9. The summed E-state index contributed by atoms with van der Waals surface area (Å²) >= 11 is -1.32. The van der Waals surface area contributed by atoms with Gasteiger partial charge in [-0.05, 0) is 57.6 Å². The van der Waals surface area contributed by atoms with Gasteiger partial charge in [-0.2, -0.15) is 15.2 Å². The molecule has 0 saturated carbocycles. The topological polar surface area (TPSA) is 105 Å². The second-order valence-electron chi connectivity index (χ2n) is 11.5. The number of hydrogen-bond donors (Lipinski definition) is 0. The minimum atomic E-state index is -1.32.